The number of methoxy groups -OCH3 is 1. The molecule has 9 nitrogen and oxygen atoms in total. The highest BCUT2D eigenvalue weighted by Gasteiger charge is 2.28. The second-order valence-electron chi connectivity index (χ2n) is 8.86. The van der Waals surface area contributed by atoms with E-state index in [0.29, 0.717) is 17.9 Å². The number of halogens is 1. The summed E-state index contributed by atoms with van der Waals surface area (Å²) >= 11 is 0. The molecule has 0 aliphatic carbocycles. The summed E-state index contributed by atoms with van der Waals surface area (Å²) in [5.74, 6) is -0.891. The first-order valence-electron chi connectivity index (χ1n) is 11.8. The molecule has 2 unspecified atom stereocenters. The molecule has 2 atom stereocenters. The number of aromatic nitrogens is 2. The van der Waals surface area contributed by atoms with Crippen LogP contribution in [0.25, 0.3) is 11.3 Å². The van der Waals surface area contributed by atoms with Crippen molar-refractivity contribution in [2.45, 2.75) is 32.4 Å². The van der Waals surface area contributed by atoms with Gasteiger partial charge in [-0.25, -0.2) is 9.07 Å². The van der Waals surface area contributed by atoms with E-state index in [4.69, 9.17) is 20.9 Å². The Kier molecular flexibility index (Phi) is 7.54. The lowest BCUT2D eigenvalue weighted by molar-refractivity contribution is 0.0347. The van der Waals surface area contributed by atoms with Gasteiger partial charge in [0, 0.05) is 24.6 Å². The van der Waals surface area contributed by atoms with Crippen LogP contribution in [0.1, 0.15) is 52.1 Å². The molecule has 2 amide bonds. The van der Waals surface area contributed by atoms with Gasteiger partial charge in [-0.2, -0.15) is 5.10 Å². The van der Waals surface area contributed by atoms with E-state index in [0.717, 1.165) is 31.1 Å². The van der Waals surface area contributed by atoms with Gasteiger partial charge in [0.15, 0.2) is 0 Å². The summed E-state index contributed by atoms with van der Waals surface area (Å²) in [6.07, 6.45) is 1.96. The number of ether oxygens (including phenoxy) is 2. The van der Waals surface area contributed by atoms with Crippen LogP contribution < -0.4 is 21.5 Å². The molecular formula is C26H30FN5O4. The van der Waals surface area contributed by atoms with Gasteiger partial charge in [0.05, 0.1) is 25.3 Å². The fourth-order valence-electron chi connectivity index (χ4n) is 4.46. The first-order chi connectivity index (χ1) is 17.3. The number of primary amides is 1. The van der Waals surface area contributed by atoms with Crippen LogP contribution in [-0.4, -0.2) is 41.9 Å². The predicted molar refractivity (Wildman–Crippen MR) is 133 cm³/mol. The van der Waals surface area contributed by atoms with Crippen LogP contribution in [0.4, 0.5) is 10.2 Å². The number of carbonyl (C=O) groups excluding carboxylic acids is 2. The zero-order chi connectivity index (χ0) is 25.8. The number of rotatable bonds is 8. The van der Waals surface area contributed by atoms with Crippen LogP contribution >= 0.6 is 0 Å². The van der Waals surface area contributed by atoms with Crippen molar-refractivity contribution in [3.05, 3.63) is 65.0 Å². The molecule has 0 radical (unpaired) electrons. The van der Waals surface area contributed by atoms with Crippen LogP contribution in [0, 0.1) is 11.7 Å². The maximum Gasteiger partial charge on any atom is 0.255 e. The van der Waals surface area contributed by atoms with Crippen LogP contribution in [0.2, 0.25) is 0 Å². The highest BCUT2D eigenvalue weighted by atomic mass is 19.1. The van der Waals surface area contributed by atoms with Gasteiger partial charge in [0.25, 0.3) is 11.8 Å². The largest absolute Gasteiger partial charge is 0.496 e. The van der Waals surface area contributed by atoms with Crippen molar-refractivity contribution in [1.29, 1.82) is 0 Å². The molecule has 5 N–H and O–H groups in total. The molecule has 190 valence electrons. The molecular weight excluding hydrogens is 465 g/mol. The fourth-order valence-corrected chi connectivity index (χ4v) is 4.46. The molecule has 2 aromatic carbocycles. The number of carbonyl (C=O) groups is 2. The maximum absolute atomic E-state index is 13.6. The molecule has 2 heterocycles. The Balaban J connectivity index is 1.52. The van der Waals surface area contributed by atoms with E-state index in [2.05, 4.69) is 10.4 Å². The number of hydrogen-bond donors (Lipinski definition) is 3. The summed E-state index contributed by atoms with van der Waals surface area (Å²) < 4.78 is 26.0. The predicted octanol–water partition coefficient (Wildman–Crippen LogP) is 3.30. The lowest BCUT2D eigenvalue weighted by atomic mass is 9.95. The smallest absolute Gasteiger partial charge is 0.255 e. The van der Waals surface area contributed by atoms with Crippen molar-refractivity contribution >= 4 is 17.6 Å². The van der Waals surface area contributed by atoms with Gasteiger partial charge in [-0.3, -0.25) is 9.59 Å². The van der Waals surface area contributed by atoms with Crippen molar-refractivity contribution in [2.24, 2.45) is 11.7 Å². The Bertz CT molecular complexity index is 1250. The zero-order valence-corrected chi connectivity index (χ0v) is 20.3. The topological polar surface area (TPSA) is 134 Å². The van der Waals surface area contributed by atoms with Gasteiger partial charge in [-0.05, 0) is 43.5 Å². The Labute approximate surface area is 208 Å². The van der Waals surface area contributed by atoms with Crippen molar-refractivity contribution in [2.75, 3.05) is 26.1 Å². The molecule has 1 saturated heterocycles. The monoisotopic (exact) mass is 495 g/mol. The van der Waals surface area contributed by atoms with Gasteiger partial charge in [0.2, 0.25) is 0 Å². The Hall–Kier alpha value is -3.92. The Morgan fingerprint density at radius 1 is 1.28 bits per heavy atom. The molecule has 3 aromatic rings. The first-order valence-corrected chi connectivity index (χ1v) is 11.8. The van der Waals surface area contributed by atoms with E-state index >= 15 is 0 Å². The van der Waals surface area contributed by atoms with Crippen molar-refractivity contribution in [1.82, 2.24) is 15.1 Å². The van der Waals surface area contributed by atoms with Crippen molar-refractivity contribution < 1.29 is 23.5 Å². The molecule has 10 heteroatoms. The highest BCUT2D eigenvalue weighted by molar-refractivity contribution is 6.03. The van der Waals surface area contributed by atoms with Gasteiger partial charge in [-0.1, -0.05) is 24.3 Å². The summed E-state index contributed by atoms with van der Waals surface area (Å²) in [6.45, 7) is 3.58. The number of nitrogens with two attached hydrogens (primary N) is 2. The van der Waals surface area contributed by atoms with E-state index < -0.39 is 17.6 Å². The fraction of sp³-hybridized carbons (Fsp3) is 0.346. The number of nitrogens with zero attached hydrogens (tertiary/aromatic N) is 2. The number of amides is 2. The quantitative estimate of drug-likeness (QED) is 0.439. The molecule has 4 rings (SSSR count). The minimum Gasteiger partial charge on any atom is -0.496 e. The summed E-state index contributed by atoms with van der Waals surface area (Å²) in [5.41, 5.74) is 14.1. The average molecular weight is 496 g/mol. The zero-order valence-electron chi connectivity index (χ0n) is 20.3. The van der Waals surface area contributed by atoms with Crippen LogP contribution in [0.15, 0.2) is 42.5 Å². The lowest BCUT2D eigenvalue weighted by Crippen LogP contribution is -2.27. The third-order valence-electron chi connectivity index (χ3n) is 6.54. The number of nitrogens with one attached hydrogen (secondary N) is 1. The maximum atomic E-state index is 13.6. The van der Waals surface area contributed by atoms with E-state index in [-0.39, 0.29) is 41.2 Å². The van der Waals surface area contributed by atoms with Crippen LogP contribution in [0.5, 0.6) is 5.75 Å². The van der Waals surface area contributed by atoms with Crippen LogP contribution in [0.3, 0.4) is 0 Å². The standard InChI is InChI=1S/C26H30FN5O4/c1-15(18-4-3-11-36-14-18)32-24(28)22(25(29)33)23(31-32)17-7-5-16(6-8-17)13-30-26(34)20-12-19(27)9-10-21(20)35-2/h5-10,12,15,18H,3-4,11,13-14,28H2,1-2H3,(H2,29,33)(H,30,34). The molecule has 0 bridgehead atoms. The number of nitrogen functional groups attached to an aromatic ring is 1. The minimum atomic E-state index is -0.652. The van der Waals surface area contributed by atoms with Gasteiger partial charge in [-0.15, -0.1) is 0 Å². The van der Waals surface area contributed by atoms with Crippen molar-refractivity contribution in [3.63, 3.8) is 0 Å². The minimum absolute atomic E-state index is 0.0635. The van der Waals surface area contributed by atoms with Crippen LogP contribution in [-0.2, 0) is 11.3 Å². The molecule has 0 saturated carbocycles. The summed E-state index contributed by atoms with van der Waals surface area (Å²) in [4.78, 5) is 24.8. The molecule has 1 aliphatic heterocycles. The van der Waals surface area contributed by atoms with Gasteiger partial charge in [0.1, 0.15) is 28.6 Å². The van der Waals surface area contributed by atoms with E-state index in [1.165, 1.54) is 19.2 Å². The molecule has 0 spiro atoms. The molecule has 1 aliphatic rings. The van der Waals surface area contributed by atoms with Crippen molar-refractivity contribution in [3.8, 4) is 17.0 Å². The third kappa shape index (κ3) is 5.18. The van der Waals surface area contributed by atoms with E-state index in [9.17, 15) is 14.0 Å². The normalized spacial score (nSPS) is 16.4. The number of anilines is 1. The molecule has 1 aromatic heterocycles. The molecule has 36 heavy (non-hydrogen) atoms. The lowest BCUT2D eigenvalue weighted by Gasteiger charge is -2.28. The van der Waals surface area contributed by atoms with E-state index in [1.807, 2.05) is 6.92 Å². The summed E-state index contributed by atoms with van der Waals surface area (Å²) in [5, 5.41) is 7.42. The van der Waals surface area contributed by atoms with Gasteiger partial charge < -0.3 is 26.3 Å². The van der Waals surface area contributed by atoms with E-state index in [1.54, 1.807) is 28.9 Å². The SMILES string of the molecule is COc1ccc(F)cc1C(=O)NCc1ccc(-c2nn(C(C)C3CCCOC3)c(N)c2C(N)=O)cc1. The summed E-state index contributed by atoms with van der Waals surface area (Å²) in [7, 11) is 1.42. The Morgan fingerprint density at radius 2 is 2.03 bits per heavy atom. The number of hydrogen-bond acceptors (Lipinski definition) is 6. The second kappa shape index (κ2) is 10.8. The average Bonchev–Trinajstić information content (AvgIpc) is 3.24. The summed E-state index contributed by atoms with van der Waals surface area (Å²) in [6, 6.07) is 10.9. The molecule has 1 fully saturated rings. The second-order valence-corrected chi connectivity index (χ2v) is 8.86. The first kappa shape index (κ1) is 25.2. The third-order valence-corrected chi connectivity index (χ3v) is 6.54. The number of benzene rings is 2. The Morgan fingerprint density at radius 3 is 2.67 bits per heavy atom. The highest BCUT2D eigenvalue weighted by Crippen LogP contribution is 2.33. The van der Waals surface area contributed by atoms with Gasteiger partial charge >= 0.3 is 0 Å².